The van der Waals surface area contributed by atoms with E-state index in [1.165, 1.54) is 5.00 Å². The second-order valence-corrected chi connectivity index (χ2v) is 8.33. The summed E-state index contributed by atoms with van der Waals surface area (Å²) in [5.74, 6) is -0.124. The molecule has 1 saturated heterocycles. The van der Waals surface area contributed by atoms with E-state index in [2.05, 4.69) is 27.4 Å². The predicted octanol–water partition coefficient (Wildman–Crippen LogP) is 2.87. The number of amides is 1. The van der Waals surface area contributed by atoms with Gasteiger partial charge in [-0.2, -0.15) is 0 Å². The lowest BCUT2D eigenvalue weighted by Gasteiger charge is -2.35. The normalized spacial score (nSPS) is 14.9. The first kappa shape index (κ1) is 20.6. The molecule has 3 rings (SSSR count). The van der Waals surface area contributed by atoms with Gasteiger partial charge >= 0.3 is 0 Å². The summed E-state index contributed by atoms with van der Waals surface area (Å²) >= 11 is 1.64. The molecule has 0 saturated carbocycles. The van der Waals surface area contributed by atoms with E-state index in [9.17, 15) is 9.59 Å². The maximum absolute atomic E-state index is 12.8. The molecule has 0 unspecified atom stereocenters. The Balaban J connectivity index is 1.74. The van der Waals surface area contributed by atoms with Gasteiger partial charge < -0.3 is 20.5 Å². The Hall–Kier alpha value is -2.12. The fraction of sp³-hybridized carbons (Fsp3) is 0.524. The number of rotatable bonds is 6. The van der Waals surface area contributed by atoms with Gasteiger partial charge in [-0.3, -0.25) is 9.59 Å². The third-order valence-corrected chi connectivity index (χ3v) is 6.65. The number of anilines is 1. The average Bonchev–Trinajstić information content (AvgIpc) is 3.04. The van der Waals surface area contributed by atoms with Crippen LogP contribution in [0.2, 0.25) is 0 Å². The van der Waals surface area contributed by atoms with E-state index in [0.717, 1.165) is 49.3 Å². The smallest absolute Gasteiger partial charge is 0.253 e. The number of hydrogen-bond acceptors (Lipinski definition) is 5. The lowest BCUT2D eigenvalue weighted by Crippen LogP contribution is -2.43. The number of aromatic nitrogens is 1. The quantitative estimate of drug-likeness (QED) is 0.694. The summed E-state index contributed by atoms with van der Waals surface area (Å²) in [5, 5.41) is 9.46. The van der Waals surface area contributed by atoms with E-state index in [0.29, 0.717) is 17.2 Å². The van der Waals surface area contributed by atoms with Gasteiger partial charge in [0.15, 0.2) is 0 Å². The highest BCUT2D eigenvalue weighted by molar-refractivity contribution is 7.14. The number of piperidine rings is 1. The summed E-state index contributed by atoms with van der Waals surface area (Å²) in [5.41, 5.74) is 3.92. The molecule has 1 amide bonds. The lowest BCUT2D eigenvalue weighted by atomic mass is 10.0. The minimum Gasteiger partial charge on any atom is -0.360 e. The van der Waals surface area contributed by atoms with Crippen molar-refractivity contribution in [2.24, 2.45) is 0 Å². The molecule has 0 aliphatic carbocycles. The summed E-state index contributed by atoms with van der Waals surface area (Å²) < 4.78 is 0. The number of nitrogens with one attached hydrogen (secondary N) is 3. The Kier molecular flexibility index (Phi) is 6.57. The Labute approximate surface area is 170 Å². The third kappa shape index (κ3) is 4.31. The van der Waals surface area contributed by atoms with Crippen molar-refractivity contribution in [3.63, 3.8) is 0 Å². The van der Waals surface area contributed by atoms with Gasteiger partial charge in [-0.15, -0.1) is 11.3 Å². The topological polar surface area (TPSA) is 77.2 Å². The largest absolute Gasteiger partial charge is 0.360 e. The highest BCUT2D eigenvalue weighted by Crippen LogP contribution is 2.33. The number of hydrogen-bond donors (Lipinski definition) is 3. The van der Waals surface area contributed by atoms with Crippen LogP contribution in [0.25, 0.3) is 0 Å². The SMILES string of the molecule is CCN(c1scc(C(=O)NCc2c(C)cc(C)[nH]c2=O)c1C)C1CCNCC1. The number of nitrogens with zero attached hydrogens (tertiary/aromatic N) is 1. The fourth-order valence-corrected chi connectivity index (χ4v) is 5.18. The summed E-state index contributed by atoms with van der Waals surface area (Å²) in [7, 11) is 0. The number of pyridine rings is 1. The maximum atomic E-state index is 12.8. The molecule has 0 bridgehead atoms. The molecule has 3 heterocycles. The van der Waals surface area contributed by atoms with E-state index < -0.39 is 0 Å². The molecule has 1 aliphatic heterocycles. The van der Waals surface area contributed by atoms with Crippen molar-refractivity contribution in [3.05, 3.63) is 49.7 Å². The van der Waals surface area contributed by atoms with Crippen LogP contribution in [0.5, 0.6) is 0 Å². The number of aromatic amines is 1. The van der Waals surface area contributed by atoms with Gasteiger partial charge in [0.2, 0.25) is 0 Å². The number of thiophene rings is 1. The molecule has 28 heavy (non-hydrogen) atoms. The van der Waals surface area contributed by atoms with E-state index >= 15 is 0 Å². The second kappa shape index (κ2) is 8.92. The van der Waals surface area contributed by atoms with Crippen molar-refractivity contribution in [3.8, 4) is 0 Å². The van der Waals surface area contributed by atoms with Gasteiger partial charge in [0.25, 0.3) is 11.5 Å². The first-order valence-electron chi connectivity index (χ1n) is 9.95. The highest BCUT2D eigenvalue weighted by Gasteiger charge is 2.24. The summed E-state index contributed by atoms with van der Waals surface area (Å²) in [6, 6.07) is 2.45. The number of aryl methyl sites for hydroxylation is 2. The van der Waals surface area contributed by atoms with Crippen molar-refractivity contribution >= 4 is 22.2 Å². The van der Waals surface area contributed by atoms with Crippen LogP contribution in [0.1, 0.15) is 52.5 Å². The van der Waals surface area contributed by atoms with Gasteiger partial charge in [0.1, 0.15) is 0 Å². The Morgan fingerprint density at radius 1 is 1.29 bits per heavy atom. The molecule has 2 aromatic heterocycles. The standard InChI is InChI=1S/C21H30N4O2S/c1-5-25(16-6-8-22-9-7-16)21-15(4)18(12-28-21)19(26)23-11-17-13(2)10-14(3)24-20(17)27/h10,12,16,22H,5-9,11H2,1-4H3,(H,23,26)(H,24,27). The third-order valence-electron chi connectivity index (χ3n) is 5.53. The molecule has 0 radical (unpaired) electrons. The van der Waals surface area contributed by atoms with Crippen molar-refractivity contribution in [1.29, 1.82) is 0 Å². The van der Waals surface area contributed by atoms with Crippen LogP contribution in [0.4, 0.5) is 5.00 Å². The van der Waals surface area contributed by atoms with Crippen LogP contribution in [0.3, 0.4) is 0 Å². The molecular formula is C21H30N4O2S. The van der Waals surface area contributed by atoms with Gasteiger partial charge in [-0.05, 0) is 70.8 Å². The van der Waals surface area contributed by atoms with E-state index in [1.807, 2.05) is 32.2 Å². The Morgan fingerprint density at radius 3 is 2.64 bits per heavy atom. The number of carbonyl (C=O) groups excluding carboxylic acids is 1. The molecule has 1 aliphatic rings. The molecular weight excluding hydrogens is 372 g/mol. The van der Waals surface area contributed by atoms with Gasteiger partial charge in [0, 0.05) is 35.8 Å². The first-order valence-corrected chi connectivity index (χ1v) is 10.8. The van der Waals surface area contributed by atoms with E-state index in [4.69, 9.17) is 0 Å². The fourth-order valence-electron chi connectivity index (χ4n) is 3.96. The zero-order valence-corrected chi connectivity index (χ0v) is 18.0. The molecule has 0 spiro atoms. The monoisotopic (exact) mass is 402 g/mol. The molecule has 3 N–H and O–H groups in total. The van der Waals surface area contributed by atoms with Crippen LogP contribution >= 0.6 is 11.3 Å². The zero-order valence-electron chi connectivity index (χ0n) is 17.1. The van der Waals surface area contributed by atoms with E-state index in [-0.39, 0.29) is 18.0 Å². The molecule has 6 nitrogen and oxygen atoms in total. The minimum atomic E-state index is -0.136. The lowest BCUT2D eigenvalue weighted by molar-refractivity contribution is 0.0950. The van der Waals surface area contributed by atoms with Crippen molar-refractivity contribution in [2.75, 3.05) is 24.5 Å². The van der Waals surface area contributed by atoms with Crippen LogP contribution in [0.15, 0.2) is 16.2 Å². The van der Waals surface area contributed by atoms with E-state index in [1.54, 1.807) is 11.3 Å². The number of carbonyl (C=O) groups is 1. The minimum absolute atomic E-state index is 0.124. The number of H-pyrrole nitrogens is 1. The summed E-state index contributed by atoms with van der Waals surface area (Å²) in [6.07, 6.45) is 2.25. The summed E-state index contributed by atoms with van der Waals surface area (Å²) in [4.78, 5) is 30.2. The van der Waals surface area contributed by atoms with Crippen LogP contribution in [-0.2, 0) is 6.54 Å². The first-order chi connectivity index (χ1) is 13.4. The van der Waals surface area contributed by atoms with Gasteiger partial charge in [-0.1, -0.05) is 0 Å². The van der Waals surface area contributed by atoms with Crippen molar-refractivity contribution < 1.29 is 4.79 Å². The summed E-state index contributed by atoms with van der Waals surface area (Å²) in [6.45, 7) is 11.2. The van der Waals surface area contributed by atoms with Crippen LogP contribution in [-0.4, -0.2) is 36.6 Å². The maximum Gasteiger partial charge on any atom is 0.253 e. The zero-order chi connectivity index (χ0) is 20.3. The Morgan fingerprint density at radius 2 is 2.00 bits per heavy atom. The van der Waals surface area contributed by atoms with Crippen LogP contribution < -0.4 is 21.1 Å². The molecule has 1 fully saturated rings. The van der Waals surface area contributed by atoms with Crippen LogP contribution in [0, 0.1) is 20.8 Å². The van der Waals surface area contributed by atoms with Gasteiger partial charge in [0.05, 0.1) is 10.6 Å². The molecule has 152 valence electrons. The van der Waals surface area contributed by atoms with Crippen molar-refractivity contribution in [2.45, 2.75) is 53.1 Å². The average molecular weight is 403 g/mol. The molecule has 7 heteroatoms. The van der Waals surface area contributed by atoms with Gasteiger partial charge in [-0.25, -0.2) is 0 Å². The Bertz CT molecular complexity index is 896. The molecule has 2 aromatic rings. The molecule has 0 atom stereocenters. The second-order valence-electron chi connectivity index (χ2n) is 7.47. The predicted molar refractivity (Wildman–Crippen MR) is 116 cm³/mol. The van der Waals surface area contributed by atoms with Crippen molar-refractivity contribution in [1.82, 2.24) is 15.6 Å². The highest BCUT2D eigenvalue weighted by atomic mass is 32.1. The molecule has 0 aromatic carbocycles.